The summed E-state index contributed by atoms with van der Waals surface area (Å²) in [6, 6.07) is 2.71. The molecule has 0 aliphatic rings. The second-order valence-corrected chi connectivity index (χ2v) is 5.87. The predicted octanol–water partition coefficient (Wildman–Crippen LogP) is 2.76. The molecule has 0 aliphatic heterocycles. The maximum Gasteiger partial charge on any atom is 0.328 e. The molecule has 1 N–H and O–H groups in total. The molecule has 0 radical (unpaired) electrons. The second-order valence-electron chi connectivity index (χ2n) is 4.82. The van der Waals surface area contributed by atoms with Crippen LogP contribution in [0.5, 0.6) is 0 Å². The molecule has 1 amide bonds. The number of carbonyl (C=O) groups is 2. The second kappa shape index (κ2) is 8.73. The van der Waals surface area contributed by atoms with Gasteiger partial charge in [0.1, 0.15) is 6.04 Å². The summed E-state index contributed by atoms with van der Waals surface area (Å²) in [4.78, 5) is 24.0. The van der Waals surface area contributed by atoms with E-state index in [9.17, 15) is 18.4 Å². The number of carbonyl (C=O) groups excluding carboxylic acids is 2. The Balaban J connectivity index is 2.60. The van der Waals surface area contributed by atoms with E-state index in [1.54, 1.807) is 0 Å². The van der Waals surface area contributed by atoms with Gasteiger partial charge in [-0.25, -0.2) is 13.6 Å². The fraction of sp³-hybridized carbons (Fsp3) is 0.467. The normalized spacial score (nSPS) is 13.3. The van der Waals surface area contributed by atoms with Gasteiger partial charge in [-0.15, -0.1) is 11.8 Å². The maximum atomic E-state index is 13.1. The Morgan fingerprint density at radius 1 is 1.32 bits per heavy atom. The molecule has 0 bridgehead atoms. The Kier molecular flexibility index (Phi) is 7.31. The Morgan fingerprint density at radius 2 is 2.00 bits per heavy atom. The first-order chi connectivity index (χ1) is 10.4. The smallest absolute Gasteiger partial charge is 0.328 e. The van der Waals surface area contributed by atoms with E-state index >= 15 is 0 Å². The lowest BCUT2D eigenvalue weighted by molar-refractivity contribution is -0.146. The van der Waals surface area contributed by atoms with E-state index in [2.05, 4.69) is 10.1 Å². The maximum absolute atomic E-state index is 13.1. The molecule has 0 saturated heterocycles. The van der Waals surface area contributed by atoms with E-state index in [-0.39, 0.29) is 17.6 Å². The van der Waals surface area contributed by atoms with Crippen molar-refractivity contribution in [2.45, 2.75) is 31.2 Å². The van der Waals surface area contributed by atoms with Crippen molar-refractivity contribution in [1.82, 2.24) is 5.32 Å². The van der Waals surface area contributed by atoms with Crippen LogP contribution in [0.4, 0.5) is 8.78 Å². The van der Waals surface area contributed by atoms with Crippen LogP contribution in [0.3, 0.4) is 0 Å². The van der Waals surface area contributed by atoms with Crippen LogP contribution < -0.4 is 5.32 Å². The molecule has 0 unspecified atom stereocenters. The van der Waals surface area contributed by atoms with Crippen molar-refractivity contribution in [2.24, 2.45) is 5.92 Å². The van der Waals surface area contributed by atoms with Crippen molar-refractivity contribution < 1.29 is 23.1 Å². The lowest BCUT2D eigenvalue weighted by Crippen LogP contribution is -2.46. The van der Waals surface area contributed by atoms with Crippen molar-refractivity contribution in [2.75, 3.05) is 12.9 Å². The number of thioether (sulfide) groups is 1. The Labute approximate surface area is 132 Å². The fourth-order valence-electron chi connectivity index (χ4n) is 1.73. The number of rotatable bonds is 7. The van der Waals surface area contributed by atoms with Gasteiger partial charge in [0.25, 0.3) is 0 Å². The zero-order valence-corrected chi connectivity index (χ0v) is 13.5. The SMILES string of the molecule is CC[C@@H](C)[C@@H](NC(=O)CSc1ccc(F)c(F)c1)C(=O)OC. The topological polar surface area (TPSA) is 55.4 Å². The van der Waals surface area contributed by atoms with Gasteiger partial charge in [-0.05, 0) is 24.1 Å². The van der Waals surface area contributed by atoms with Crippen LogP contribution in [0.25, 0.3) is 0 Å². The molecular weight excluding hydrogens is 312 g/mol. The molecule has 1 rings (SSSR count). The van der Waals surface area contributed by atoms with E-state index < -0.39 is 23.6 Å². The van der Waals surface area contributed by atoms with Gasteiger partial charge in [0.15, 0.2) is 11.6 Å². The highest BCUT2D eigenvalue weighted by atomic mass is 32.2. The molecule has 4 nitrogen and oxygen atoms in total. The molecule has 1 aromatic rings. The van der Waals surface area contributed by atoms with Gasteiger partial charge in [-0.3, -0.25) is 4.79 Å². The van der Waals surface area contributed by atoms with Gasteiger partial charge in [0, 0.05) is 4.90 Å². The van der Waals surface area contributed by atoms with Crippen LogP contribution in [0.2, 0.25) is 0 Å². The predicted molar refractivity (Wildman–Crippen MR) is 80.5 cm³/mol. The van der Waals surface area contributed by atoms with Crippen molar-refractivity contribution >= 4 is 23.6 Å². The first-order valence-corrected chi connectivity index (χ1v) is 7.82. The van der Waals surface area contributed by atoms with Crippen LogP contribution in [-0.2, 0) is 14.3 Å². The summed E-state index contributed by atoms with van der Waals surface area (Å²) >= 11 is 1.06. The van der Waals surface area contributed by atoms with Crippen LogP contribution in [0.15, 0.2) is 23.1 Å². The first-order valence-electron chi connectivity index (χ1n) is 6.84. The third kappa shape index (κ3) is 5.29. The quantitative estimate of drug-likeness (QED) is 0.617. The molecule has 0 saturated carbocycles. The lowest BCUT2D eigenvalue weighted by atomic mass is 9.99. The first kappa shape index (κ1) is 18.4. The van der Waals surface area contributed by atoms with E-state index in [0.717, 1.165) is 23.9 Å². The Bertz CT molecular complexity index is 540. The highest BCUT2D eigenvalue weighted by Crippen LogP contribution is 2.20. The minimum Gasteiger partial charge on any atom is -0.467 e. The molecule has 2 atom stereocenters. The zero-order valence-electron chi connectivity index (χ0n) is 12.7. The van der Waals surface area contributed by atoms with Crippen molar-refractivity contribution in [3.8, 4) is 0 Å². The number of methoxy groups -OCH3 is 1. The molecule has 7 heteroatoms. The van der Waals surface area contributed by atoms with Crippen molar-refractivity contribution in [1.29, 1.82) is 0 Å². The number of esters is 1. The molecule has 0 spiro atoms. The monoisotopic (exact) mass is 331 g/mol. The number of hydrogen-bond acceptors (Lipinski definition) is 4. The number of nitrogens with one attached hydrogen (secondary N) is 1. The molecule has 22 heavy (non-hydrogen) atoms. The van der Waals surface area contributed by atoms with Gasteiger partial charge in [0.05, 0.1) is 12.9 Å². The van der Waals surface area contributed by atoms with Crippen LogP contribution in [-0.4, -0.2) is 30.8 Å². The molecular formula is C15H19F2NO3S. The summed E-state index contributed by atoms with van der Waals surface area (Å²) in [6.07, 6.45) is 0.705. The van der Waals surface area contributed by atoms with Crippen LogP contribution in [0.1, 0.15) is 20.3 Å². The molecule has 0 aliphatic carbocycles. The molecule has 1 aromatic carbocycles. The highest BCUT2D eigenvalue weighted by Gasteiger charge is 2.26. The van der Waals surface area contributed by atoms with E-state index in [1.807, 2.05) is 13.8 Å². The Hall–Kier alpha value is -1.63. The number of benzene rings is 1. The number of ether oxygens (including phenoxy) is 1. The minimum atomic E-state index is -0.961. The number of hydrogen-bond donors (Lipinski definition) is 1. The van der Waals surface area contributed by atoms with Gasteiger partial charge >= 0.3 is 5.97 Å². The number of amides is 1. The average Bonchev–Trinajstić information content (AvgIpc) is 2.52. The minimum absolute atomic E-state index is 0.00496. The molecule has 122 valence electrons. The summed E-state index contributed by atoms with van der Waals surface area (Å²) in [7, 11) is 1.26. The summed E-state index contributed by atoms with van der Waals surface area (Å²) in [5.74, 6) is -2.83. The highest BCUT2D eigenvalue weighted by molar-refractivity contribution is 8.00. The van der Waals surface area contributed by atoms with Gasteiger partial charge < -0.3 is 10.1 Å². The summed E-state index contributed by atoms with van der Waals surface area (Å²) < 4.78 is 30.6. The van der Waals surface area contributed by atoms with Crippen molar-refractivity contribution in [3.63, 3.8) is 0 Å². The van der Waals surface area contributed by atoms with Crippen molar-refractivity contribution in [3.05, 3.63) is 29.8 Å². The standard InChI is InChI=1S/C15H19F2NO3S/c1-4-9(2)14(15(20)21-3)18-13(19)8-22-10-5-6-11(16)12(17)7-10/h5-7,9,14H,4,8H2,1-3H3,(H,18,19)/t9-,14-/m1/s1. The van der Waals surface area contributed by atoms with E-state index in [0.29, 0.717) is 11.3 Å². The van der Waals surface area contributed by atoms with Crippen LogP contribution in [0, 0.1) is 17.6 Å². The van der Waals surface area contributed by atoms with E-state index in [1.165, 1.54) is 13.2 Å². The van der Waals surface area contributed by atoms with Gasteiger partial charge in [0.2, 0.25) is 5.91 Å². The Morgan fingerprint density at radius 3 is 2.55 bits per heavy atom. The summed E-state index contributed by atoms with van der Waals surface area (Å²) in [5.41, 5.74) is 0. The molecule has 0 fully saturated rings. The van der Waals surface area contributed by atoms with Gasteiger partial charge in [-0.1, -0.05) is 20.3 Å². The molecule has 0 aromatic heterocycles. The average molecular weight is 331 g/mol. The third-order valence-corrected chi connectivity index (χ3v) is 4.24. The third-order valence-electron chi connectivity index (χ3n) is 3.25. The van der Waals surface area contributed by atoms with E-state index in [4.69, 9.17) is 0 Å². The summed E-state index contributed by atoms with van der Waals surface area (Å²) in [5, 5.41) is 2.61. The zero-order chi connectivity index (χ0) is 16.7. The summed E-state index contributed by atoms with van der Waals surface area (Å²) in [6.45, 7) is 3.74. The van der Waals surface area contributed by atoms with Gasteiger partial charge in [-0.2, -0.15) is 0 Å². The lowest BCUT2D eigenvalue weighted by Gasteiger charge is -2.21. The van der Waals surface area contributed by atoms with Crippen LogP contribution >= 0.6 is 11.8 Å². The fourth-order valence-corrected chi connectivity index (χ4v) is 2.46. The number of halogens is 2. The largest absolute Gasteiger partial charge is 0.467 e. The molecule has 0 heterocycles.